The largest absolute Gasteiger partial charge is 0.493 e. The number of halogens is 1. The highest BCUT2D eigenvalue weighted by Gasteiger charge is 2.18. The van der Waals surface area contributed by atoms with Gasteiger partial charge in [-0.15, -0.1) is 0 Å². The molecule has 0 aliphatic rings. The number of benzene rings is 2. The summed E-state index contributed by atoms with van der Waals surface area (Å²) in [6.07, 6.45) is 0.745. The molecule has 0 aliphatic carbocycles. The lowest BCUT2D eigenvalue weighted by atomic mass is 10.1. The van der Waals surface area contributed by atoms with Crippen LogP contribution >= 0.6 is 0 Å². The van der Waals surface area contributed by atoms with E-state index in [2.05, 4.69) is 29.0 Å². The highest BCUT2D eigenvalue weighted by Crippen LogP contribution is 2.31. The quantitative estimate of drug-likeness (QED) is 0.420. The lowest BCUT2D eigenvalue weighted by Gasteiger charge is -2.25. The summed E-state index contributed by atoms with van der Waals surface area (Å²) in [5.74, 6) is 0.678. The van der Waals surface area contributed by atoms with E-state index in [0.717, 1.165) is 31.4 Å². The van der Waals surface area contributed by atoms with Crippen molar-refractivity contribution in [3.63, 3.8) is 0 Å². The van der Waals surface area contributed by atoms with E-state index in [0.29, 0.717) is 34.8 Å². The lowest BCUT2D eigenvalue weighted by Crippen LogP contribution is -2.38. The number of methoxy groups -OCH3 is 2. The van der Waals surface area contributed by atoms with Crippen molar-refractivity contribution in [3.8, 4) is 11.5 Å². The number of urea groups is 1. The predicted molar refractivity (Wildman–Crippen MR) is 136 cm³/mol. The summed E-state index contributed by atoms with van der Waals surface area (Å²) in [5, 5.41) is 3.57. The summed E-state index contributed by atoms with van der Waals surface area (Å²) >= 11 is 0. The molecule has 1 aromatic heterocycles. The van der Waals surface area contributed by atoms with Gasteiger partial charge in [0.15, 0.2) is 11.5 Å². The minimum atomic E-state index is -0.381. The molecule has 188 valence electrons. The number of carbonyl (C=O) groups is 1. The third-order valence-corrected chi connectivity index (χ3v) is 5.97. The molecule has 0 bridgehead atoms. The van der Waals surface area contributed by atoms with Gasteiger partial charge in [0.25, 0.3) is 5.56 Å². The summed E-state index contributed by atoms with van der Waals surface area (Å²) in [6, 6.07) is 10.5. The first-order valence-electron chi connectivity index (χ1n) is 11.7. The van der Waals surface area contributed by atoms with Gasteiger partial charge in [-0.05, 0) is 62.5 Å². The molecule has 3 aromatic rings. The predicted octanol–water partition coefficient (Wildman–Crippen LogP) is 4.45. The molecule has 0 radical (unpaired) electrons. The number of hydrogen-bond acceptors (Lipinski definition) is 5. The molecule has 2 aromatic carbocycles. The second-order valence-corrected chi connectivity index (χ2v) is 8.16. The third kappa shape index (κ3) is 6.73. The average molecular weight is 485 g/mol. The maximum Gasteiger partial charge on any atom is 0.322 e. The normalized spacial score (nSPS) is 11.0. The Morgan fingerprint density at radius 1 is 1.00 bits per heavy atom. The number of H-pyrrole nitrogens is 1. The van der Waals surface area contributed by atoms with Crippen LogP contribution in [0.3, 0.4) is 0 Å². The van der Waals surface area contributed by atoms with E-state index in [1.54, 1.807) is 30.2 Å². The van der Waals surface area contributed by atoms with Gasteiger partial charge < -0.3 is 29.6 Å². The Morgan fingerprint density at radius 3 is 2.29 bits per heavy atom. The second-order valence-electron chi connectivity index (χ2n) is 8.16. The van der Waals surface area contributed by atoms with Crippen LogP contribution in [0.2, 0.25) is 0 Å². The van der Waals surface area contributed by atoms with Gasteiger partial charge in [0.05, 0.1) is 26.3 Å². The van der Waals surface area contributed by atoms with Gasteiger partial charge in [0.1, 0.15) is 5.82 Å². The SMILES string of the molecule is CCN(CC)CCCN(Cc1cc2cc(OC)c(OC)cc2[nH]c1=O)C(=O)Nc1ccc(F)cc1. The molecule has 1 heterocycles. The first-order valence-corrected chi connectivity index (χ1v) is 11.7. The van der Waals surface area contributed by atoms with Crippen molar-refractivity contribution < 1.29 is 18.7 Å². The van der Waals surface area contributed by atoms with Crippen molar-refractivity contribution in [2.75, 3.05) is 45.7 Å². The monoisotopic (exact) mass is 484 g/mol. The van der Waals surface area contributed by atoms with Crippen LogP contribution in [0.1, 0.15) is 25.8 Å². The van der Waals surface area contributed by atoms with Crippen LogP contribution in [0, 0.1) is 5.82 Å². The van der Waals surface area contributed by atoms with E-state index in [9.17, 15) is 14.0 Å². The molecular weight excluding hydrogens is 451 g/mol. The molecule has 0 atom stereocenters. The zero-order valence-corrected chi connectivity index (χ0v) is 20.7. The van der Waals surface area contributed by atoms with Gasteiger partial charge in [0.2, 0.25) is 0 Å². The number of aromatic amines is 1. The van der Waals surface area contributed by atoms with Crippen LogP contribution in [0.25, 0.3) is 10.9 Å². The van der Waals surface area contributed by atoms with E-state index in [1.807, 2.05) is 0 Å². The van der Waals surface area contributed by atoms with Gasteiger partial charge >= 0.3 is 6.03 Å². The lowest BCUT2D eigenvalue weighted by molar-refractivity contribution is 0.202. The summed E-state index contributed by atoms with van der Waals surface area (Å²) in [7, 11) is 3.08. The Bertz CT molecular complexity index is 1190. The van der Waals surface area contributed by atoms with Gasteiger partial charge in [-0.25, -0.2) is 9.18 Å². The Balaban J connectivity index is 1.86. The van der Waals surface area contributed by atoms with Crippen LogP contribution in [-0.2, 0) is 6.54 Å². The average Bonchev–Trinajstić information content (AvgIpc) is 2.86. The Hall–Kier alpha value is -3.59. The van der Waals surface area contributed by atoms with Crippen molar-refractivity contribution in [3.05, 3.63) is 64.2 Å². The van der Waals surface area contributed by atoms with Gasteiger partial charge in [-0.3, -0.25) is 4.79 Å². The first kappa shape index (κ1) is 26.0. The van der Waals surface area contributed by atoms with E-state index >= 15 is 0 Å². The molecular formula is C26H33FN4O4. The summed E-state index contributed by atoms with van der Waals surface area (Å²) in [4.78, 5) is 32.8. The molecule has 0 unspecified atom stereocenters. The molecule has 3 rings (SSSR count). The number of carbonyl (C=O) groups excluding carboxylic acids is 1. The van der Waals surface area contributed by atoms with Crippen LogP contribution in [0.5, 0.6) is 11.5 Å². The van der Waals surface area contributed by atoms with E-state index in [-0.39, 0.29) is 24.0 Å². The third-order valence-electron chi connectivity index (χ3n) is 5.97. The van der Waals surface area contributed by atoms with Crippen LogP contribution in [0.15, 0.2) is 47.3 Å². The summed E-state index contributed by atoms with van der Waals surface area (Å²) in [5.41, 5.74) is 1.25. The Morgan fingerprint density at radius 2 is 1.66 bits per heavy atom. The second kappa shape index (κ2) is 12.2. The number of hydrogen-bond donors (Lipinski definition) is 2. The smallest absolute Gasteiger partial charge is 0.322 e. The van der Waals surface area contributed by atoms with Crippen molar-refractivity contribution in [2.24, 2.45) is 0 Å². The maximum atomic E-state index is 13.3. The van der Waals surface area contributed by atoms with Gasteiger partial charge in [-0.1, -0.05) is 13.8 Å². The van der Waals surface area contributed by atoms with Crippen LogP contribution < -0.4 is 20.3 Å². The summed E-state index contributed by atoms with van der Waals surface area (Å²) in [6.45, 7) is 7.44. The molecule has 2 amide bonds. The molecule has 0 saturated carbocycles. The molecule has 35 heavy (non-hydrogen) atoms. The standard InChI is InChI=1S/C26H33FN4O4/c1-5-30(6-2)12-7-13-31(26(33)28-21-10-8-20(27)9-11-21)17-19-14-18-15-23(34-3)24(35-4)16-22(18)29-25(19)32/h8-11,14-16H,5-7,12-13,17H2,1-4H3,(H,28,33)(H,29,32). The number of aromatic nitrogens is 1. The summed E-state index contributed by atoms with van der Waals surface area (Å²) < 4.78 is 24.0. The minimum Gasteiger partial charge on any atom is -0.493 e. The topological polar surface area (TPSA) is 86.9 Å². The number of anilines is 1. The Kier molecular flexibility index (Phi) is 9.08. The number of pyridine rings is 1. The molecule has 9 heteroatoms. The number of ether oxygens (including phenoxy) is 2. The zero-order chi connectivity index (χ0) is 25.4. The molecule has 2 N–H and O–H groups in total. The van der Waals surface area contributed by atoms with E-state index in [1.165, 1.54) is 31.4 Å². The molecule has 8 nitrogen and oxygen atoms in total. The fourth-order valence-corrected chi connectivity index (χ4v) is 3.91. The highest BCUT2D eigenvalue weighted by atomic mass is 19.1. The Labute approximate surface area is 204 Å². The van der Waals surface area contributed by atoms with Crippen molar-refractivity contribution >= 4 is 22.6 Å². The molecule has 0 fully saturated rings. The number of rotatable bonds is 11. The fourth-order valence-electron chi connectivity index (χ4n) is 3.91. The molecule has 0 saturated heterocycles. The number of nitrogens with one attached hydrogen (secondary N) is 2. The van der Waals surface area contributed by atoms with E-state index < -0.39 is 0 Å². The van der Waals surface area contributed by atoms with Gasteiger partial charge in [0, 0.05) is 29.2 Å². The zero-order valence-electron chi connectivity index (χ0n) is 20.7. The first-order chi connectivity index (χ1) is 16.9. The number of nitrogens with zero attached hydrogens (tertiary/aromatic N) is 2. The van der Waals surface area contributed by atoms with Crippen molar-refractivity contribution in [1.29, 1.82) is 0 Å². The minimum absolute atomic E-state index is 0.116. The number of amides is 2. The fraction of sp³-hybridized carbons (Fsp3) is 0.385. The van der Waals surface area contributed by atoms with Crippen LogP contribution in [-0.4, -0.2) is 61.2 Å². The van der Waals surface area contributed by atoms with Crippen LogP contribution in [0.4, 0.5) is 14.9 Å². The van der Waals surface area contributed by atoms with E-state index in [4.69, 9.17) is 9.47 Å². The van der Waals surface area contributed by atoms with Crippen molar-refractivity contribution in [2.45, 2.75) is 26.8 Å². The maximum absolute atomic E-state index is 13.3. The van der Waals surface area contributed by atoms with Gasteiger partial charge in [-0.2, -0.15) is 0 Å². The molecule has 0 spiro atoms. The van der Waals surface area contributed by atoms with Crippen molar-refractivity contribution in [1.82, 2.24) is 14.8 Å². The highest BCUT2D eigenvalue weighted by molar-refractivity contribution is 5.89. The molecule has 0 aliphatic heterocycles. The number of fused-ring (bicyclic) bond motifs is 1.